The van der Waals surface area contributed by atoms with Crippen LogP contribution in [0.1, 0.15) is 17.5 Å². The maximum atomic E-state index is 12.2. The molecule has 0 saturated carbocycles. The van der Waals surface area contributed by atoms with Crippen molar-refractivity contribution in [2.75, 3.05) is 11.9 Å². The van der Waals surface area contributed by atoms with Crippen LogP contribution < -0.4 is 10.6 Å². The first-order valence-corrected chi connectivity index (χ1v) is 8.96. The molecule has 130 valence electrons. The topological polar surface area (TPSA) is 61.4 Å². The van der Waals surface area contributed by atoms with Gasteiger partial charge in [0, 0.05) is 29.7 Å². The van der Waals surface area contributed by atoms with Gasteiger partial charge in [0.15, 0.2) is 0 Å². The molecule has 0 radical (unpaired) electrons. The number of urea groups is 1. The van der Waals surface area contributed by atoms with Gasteiger partial charge in [0.25, 0.3) is 0 Å². The fraction of sp³-hybridized carbons (Fsp3) is 0.263. The molecule has 5 nitrogen and oxygen atoms in total. The highest BCUT2D eigenvalue weighted by Gasteiger charge is 2.30. The number of carbonyl (C=O) groups is 2. The molecule has 0 aliphatic carbocycles. The van der Waals surface area contributed by atoms with Gasteiger partial charge in [-0.1, -0.05) is 46.3 Å². The average Bonchev–Trinajstić information content (AvgIpc) is 2.91. The van der Waals surface area contributed by atoms with Gasteiger partial charge in [-0.2, -0.15) is 0 Å². The Bertz CT molecular complexity index is 779. The van der Waals surface area contributed by atoms with Crippen LogP contribution in [-0.2, 0) is 11.3 Å². The molecule has 3 amide bonds. The Morgan fingerprint density at radius 3 is 2.72 bits per heavy atom. The minimum Gasteiger partial charge on any atom is -0.336 e. The SMILES string of the molecule is Cc1cc(NC(=O)NC2CC(=O)N(Cc3ccccc3)C2)ccc1Br. The number of hydrogen-bond acceptors (Lipinski definition) is 2. The number of rotatable bonds is 4. The molecule has 2 aromatic carbocycles. The van der Waals surface area contributed by atoms with Crippen LogP contribution in [0.4, 0.5) is 10.5 Å². The van der Waals surface area contributed by atoms with E-state index in [1.807, 2.05) is 55.5 Å². The summed E-state index contributed by atoms with van der Waals surface area (Å²) in [5, 5.41) is 5.70. The third-order valence-electron chi connectivity index (χ3n) is 4.18. The zero-order valence-corrected chi connectivity index (χ0v) is 15.5. The Labute approximate surface area is 155 Å². The van der Waals surface area contributed by atoms with Crippen molar-refractivity contribution in [3.05, 3.63) is 64.1 Å². The normalized spacial score (nSPS) is 16.8. The van der Waals surface area contributed by atoms with Crippen LogP contribution in [0.25, 0.3) is 0 Å². The zero-order chi connectivity index (χ0) is 17.8. The summed E-state index contributed by atoms with van der Waals surface area (Å²) >= 11 is 3.44. The monoisotopic (exact) mass is 401 g/mol. The van der Waals surface area contributed by atoms with Crippen LogP contribution >= 0.6 is 15.9 Å². The molecular formula is C19H20BrN3O2. The largest absolute Gasteiger partial charge is 0.336 e. The molecule has 3 rings (SSSR count). The maximum Gasteiger partial charge on any atom is 0.319 e. The van der Waals surface area contributed by atoms with Gasteiger partial charge in [-0.25, -0.2) is 4.79 Å². The number of nitrogens with one attached hydrogen (secondary N) is 2. The lowest BCUT2D eigenvalue weighted by Gasteiger charge is -2.17. The maximum absolute atomic E-state index is 12.2. The van der Waals surface area contributed by atoms with Crippen LogP contribution in [0, 0.1) is 6.92 Å². The van der Waals surface area contributed by atoms with Gasteiger partial charge in [0.1, 0.15) is 0 Å². The number of amides is 3. The smallest absolute Gasteiger partial charge is 0.319 e. The van der Waals surface area contributed by atoms with Crippen LogP contribution in [0.2, 0.25) is 0 Å². The molecule has 0 spiro atoms. The number of aryl methyl sites for hydroxylation is 1. The average molecular weight is 402 g/mol. The van der Waals surface area contributed by atoms with E-state index in [-0.39, 0.29) is 18.0 Å². The summed E-state index contributed by atoms with van der Waals surface area (Å²) in [5.41, 5.74) is 2.86. The molecular weight excluding hydrogens is 382 g/mol. The van der Waals surface area contributed by atoms with Gasteiger partial charge in [0.2, 0.25) is 5.91 Å². The van der Waals surface area contributed by atoms with Crippen molar-refractivity contribution in [2.45, 2.75) is 25.9 Å². The molecule has 6 heteroatoms. The van der Waals surface area contributed by atoms with Gasteiger partial charge < -0.3 is 15.5 Å². The van der Waals surface area contributed by atoms with Crippen molar-refractivity contribution in [1.82, 2.24) is 10.2 Å². The van der Waals surface area contributed by atoms with Crippen molar-refractivity contribution in [3.8, 4) is 0 Å². The minimum atomic E-state index is -0.291. The van der Waals surface area contributed by atoms with Crippen molar-refractivity contribution in [2.24, 2.45) is 0 Å². The fourth-order valence-electron chi connectivity index (χ4n) is 2.90. The molecule has 1 fully saturated rings. The predicted octanol–water partition coefficient (Wildman–Crippen LogP) is 3.68. The van der Waals surface area contributed by atoms with Crippen molar-refractivity contribution >= 4 is 33.6 Å². The highest BCUT2D eigenvalue weighted by Crippen LogP contribution is 2.20. The van der Waals surface area contributed by atoms with Gasteiger partial charge in [-0.3, -0.25) is 4.79 Å². The van der Waals surface area contributed by atoms with E-state index in [9.17, 15) is 9.59 Å². The standard InChI is InChI=1S/C19H20BrN3O2/c1-13-9-15(7-8-17(13)20)21-19(25)22-16-10-18(24)23(12-16)11-14-5-3-2-4-6-14/h2-9,16H,10-12H2,1H3,(H2,21,22,25). The summed E-state index contributed by atoms with van der Waals surface area (Å²) in [6, 6.07) is 15.0. The molecule has 1 unspecified atom stereocenters. The second-order valence-corrected chi connectivity index (χ2v) is 7.08. The summed E-state index contributed by atoms with van der Waals surface area (Å²) in [6.07, 6.45) is 0.333. The number of nitrogens with zero attached hydrogens (tertiary/aromatic N) is 1. The Balaban J connectivity index is 1.54. The molecule has 25 heavy (non-hydrogen) atoms. The lowest BCUT2D eigenvalue weighted by atomic mass is 10.2. The lowest BCUT2D eigenvalue weighted by molar-refractivity contribution is -0.128. The molecule has 1 saturated heterocycles. The van der Waals surface area contributed by atoms with E-state index < -0.39 is 0 Å². The second-order valence-electron chi connectivity index (χ2n) is 6.22. The van der Waals surface area contributed by atoms with Gasteiger partial charge in [-0.05, 0) is 36.2 Å². The summed E-state index contributed by atoms with van der Waals surface area (Å²) in [7, 11) is 0. The van der Waals surface area contributed by atoms with E-state index >= 15 is 0 Å². The Morgan fingerprint density at radius 1 is 1.24 bits per heavy atom. The predicted molar refractivity (Wildman–Crippen MR) is 101 cm³/mol. The number of anilines is 1. The van der Waals surface area contributed by atoms with Crippen LogP contribution in [-0.4, -0.2) is 29.4 Å². The van der Waals surface area contributed by atoms with Crippen molar-refractivity contribution in [1.29, 1.82) is 0 Å². The molecule has 2 N–H and O–H groups in total. The fourth-order valence-corrected chi connectivity index (χ4v) is 3.15. The zero-order valence-electron chi connectivity index (χ0n) is 14.0. The van der Waals surface area contributed by atoms with Gasteiger partial charge in [-0.15, -0.1) is 0 Å². The van der Waals surface area contributed by atoms with Gasteiger partial charge >= 0.3 is 6.03 Å². The quantitative estimate of drug-likeness (QED) is 0.820. The second kappa shape index (κ2) is 7.70. The van der Waals surface area contributed by atoms with E-state index in [2.05, 4.69) is 26.6 Å². The van der Waals surface area contributed by atoms with E-state index in [0.717, 1.165) is 21.3 Å². The summed E-state index contributed by atoms with van der Waals surface area (Å²) in [5.74, 6) is 0.0636. The highest BCUT2D eigenvalue weighted by atomic mass is 79.9. The molecule has 0 bridgehead atoms. The Morgan fingerprint density at radius 2 is 2.00 bits per heavy atom. The lowest BCUT2D eigenvalue weighted by Crippen LogP contribution is -2.39. The Hall–Kier alpha value is -2.34. The molecule has 1 aliphatic heterocycles. The molecule has 0 aromatic heterocycles. The number of halogens is 1. The van der Waals surface area contributed by atoms with Crippen molar-refractivity contribution < 1.29 is 9.59 Å². The van der Waals surface area contributed by atoms with Crippen LogP contribution in [0.3, 0.4) is 0 Å². The minimum absolute atomic E-state index is 0.0636. The van der Waals surface area contributed by atoms with E-state index in [4.69, 9.17) is 0 Å². The number of hydrogen-bond donors (Lipinski definition) is 2. The van der Waals surface area contributed by atoms with Crippen LogP contribution in [0.5, 0.6) is 0 Å². The van der Waals surface area contributed by atoms with Gasteiger partial charge in [0.05, 0.1) is 6.04 Å². The number of benzene rings is 2. The molecule has 1 heterocycles. The third-order valence-corrected chi connectivity index (χ3v) is 5.07. The van der Waals surface area contributed by atoms with E-state index in [1.165, 1.54) is 0 Å². The highest BCUT2D eigenvalue weighted by molar-refractivity contribution is 9.10. The molecule has 1 aliphatic rings. The first-order chi connectivity index (χ1) is 12.0. The summed E-state index contributed by atoms with van der Waals surface area (Å²) < 4.78 is 0.997. The number of carbonyl (C=O) groups excluding carboxylic acids is 2. The Kier molecular flexibility index (Phi) is 5.38. The summed E-state index contributed by atoms with van der Waals surface area (Å²) in [6.45, 7) is 3.07. The first-order valence-electron chi connectivity index (χ1n) is 8.16. The van der Waals surface area contributed by atoms with E-state index in [0.29, 0.717) is 19.5 Å². The van der Waals surface area contributed by atoms with E-state index in [1.54, 1.807) is 4.90 Å². The third kappa shape index (κ3) is 4.60. The molecule has 1 atom stereocenters. The number of likely N-dealkylation sites (tertiary alicyclic amines) is 1. The first kappa shape index (κ1) is 17.5. The summed E-state index contributed by atoms with van der Waals surface area (Å²) in [4.78, 5) is 26.1. The molecule has 2 aromatic rings. The van der Waals surface area contributed by atoms with Crippen molar-refractivity contribution in [3.63, 3.8) is 0 Å². The van der Waals surface area contributed by atoms with Crippen LogP contribution in [0.15, 0.2) is 53.0 Å².